The van der Waals surface area contributed by atoms with Gasteiger partial charge < -0.3 is 14.8 Å². The Morgan fingerprint density at radius 1 is 1.45 bits per heavy atom. The molecule has 1 atom stereocenters. The topological polar surface area (TPSA) is 63.1 Å². The summed E-state index contributed by atoms with van der Waals surface area (Å²) in [6, 6.07) is 3.65. The predicted molar refractivity (Wildman–Crippen MR) is 84.7 cm³/mol. The molecule has 0 fully saturated rings. The number of carbonyl (C=O) groups is 1. The van der Waals surface area contributed by atoms with Crippen molar-refractivity contribution < 1.29 is 4.79 Å². The molecule has 1 aliphatic heterocycles. The summed E-state index contributed by atoms with van der Waals surface area (Å²) in [5, 5.41) is 2.88. The van der Waals surface area contributed by atoms with Gasteiger partial charge in [-0.25, -0.2) is 9.78 Å². The molecule has 0 spiro atoms. The first-order valence-corrected chi connectivity index (χ1v) is 7.56. The van der Waals surface area contributed by atoms with Crippen molar-refractivity contribution in [3.05, 3.63) is 42.2 Å². The molecule has 0 saturated carbocycles. The number of amides is 2. The summed E-state index contributed by atoms with van der Waals surface area (Å²) in [7, 11) is 1.83. The number of anilines is 1. The van der Waals surface area contributed by atoms with Gasteiger partial charge in [-0.3, -0.25) is 4.98 Å². The predicted octanol–water partition coefficient (Wildman–Crippen LogP) is 2.31. The third-order valence-corrected chi connectivity index (χ3v) is 4.09. The fourth-order valence-electron chi connectivity index (χ4n) is 2.80. The highest BCUT2D eigenvalue weighted by Gasteiger charge is 2.22. The van der Waals surface area contributed by atoms with E-state index in [0.29, 0.717) is 5.92 Å². The highest BCUT2D eigenvalue weighted by molar-refractivity contribution is 5.88. The maximum absolute atomic E-state index is 12.2. The number of urea groups is 1. The number of aromatic nitrogens is 3. The van der Waals surface area contributed by atoms with Gasteiger partial charge in [-0.2, -0.15) is 0 Å². The molecule has 3 rings (SSSR count). The van der Waals surface area contributed by atoms with Crippen molar-refractivity contribution in [1.82, 2.24) is 19.4 Å². The summed E-state index contributed by atoms with van der Waals surface area (Å²) < 4.78 is 2.19. The maximum Gasteiger partial charge on any atom is 0.321 e. The van der Waals surface area contributed by atoms with Crippen molar-refractivity contribution in [2.75, 3.05) is 18.9 Å². The summed E-state index contributed by atoms with van der Waals surface area (Å²) in [6.07, 6.45) is 7.55. The van der Waals surface area contributed by atoms with Gasteiger partial charge in [0.15, 0.2) is 0 Å². The SMILES string of the molecule is Cc1ccc(NC(=O)N(C)C[C@H]2CCn3ccnc3C2)cn1. The number of fused-ring (bicyclic) bond motifs is 1. The number of rotatable bonds is 3. The highest BCUT2D eigenvalue weighted by Crippen LogP contribution is 2.20. The van der Waals surface area contributed by atoms with Crippen LogP contribution in [-0.4, -0.2) is 39.1 Å². The van der Waals surface area contributed by atoms with Gasteiger partial charge in [-0.15, -0.1) is 0 Å². The molecule has 2 aromatic rings. The van der Waals surface area contributed by atoms with Crippen LogP contribution in [0.3, 0.4) is 0 Å². The Kier molecular flexibility index (Phi) is 4.09. The van der Waals surface area contributed by atoms with Crippen molar-refractivity contribution in [1.29, 1.82) is 0 Å². The number of aryl methyl sites for hydroxylation is 2. The minimum atomic E-state index is -0.0976. The summed E-state index contributed by atoms with van der Waals surface area (Å²) in [4.78, 5) is 22.5. The molecule has 1 aliphatic rings. The molecular formula is C16H21N5O. The van der Waals surface area contributed by atoms with Crippen LogP contribution in [0.15, 0.2) is 30.7 Å². The molecule has 0 bridgehead atoms. The monoisotopic (exact) mass is 299 g/mol. The number of pyridine rings is 1. The molecule has 2 aromatic heterocycles. The first-order valence-electron chi connectivity index (χ1n) is 7.56. The van der Waals surface area contributed by atoms with Crippen LogP contribution >= 0.6 is 0 Å². The van der Waals surface area contributed by atoms with E-state index >= 15 is 0 Å². The number of carbonyl (C=O) groups excluding carboxylic acids is 1. The first-order chi connectivity index (χ1) is 10.6. The lowest BCUT2D eigenvalue weighted by Gasteiger charge is -2.27. The Bertz CT molecular complexity index is 649. The molecule has 0 aliphatic carbocycles. The molecule has 1 N–H and O–H groups in total. The van der Waals surface area contributed by atoms with E-state index < -0.39 is 0 Å². The number of imidazole rings is 1. The summed E-state index contributed by atoms with van der Waals surface area (Å²) in [5.41, 5.74) is 1.66. The van der Waals surface area contributed by atoms with E-state index in [2.05, 4.69) is 19.9 Å². The number of hydrogen-bond donors (Lipinski definition) is 1. The Morgan fingerprint density at radius 3 is 3.09 bits per heavy atom. The lowest BCUT2D eigenvalue weighted by atomic mass is 9.97. The largest absolute Gasteiger partial charge is 0.335 e. The fourth-order valence-corrected chi connectivity index (χ4v) is 2.80. The standard InChI is InChI=1S/C16H21N5O/c1-12-3-4-14(10-18-12)19-16(22)20(2)11-13-5-7-21-8-6-17-15(21)9-13/h3-4,6,8,10,13H,5,7,9,11H2,1-2H3,(H,19,22)/t13-/m0/s1. The lowest BCUT2D eigenvalue weighted by Crippen LogP contribution is -2.37. The minimum Gasteiger partial charge on any atom is -0.335 e. The molecule has 6 nitrogen and oxygen atoms in total. The average molecular weight is 299 g/mol. The second-order valence-electron chi connectivity index (χ2n) is 5.89. The van der Waals surface area contributed by atoms with Crippen molar-refractivity contribution >= 4 is 11.7 Å². The molecule has 0 unspecified atom stereocenters. The maximum atomic E-state index is 12.2. The van der Waals surface area contributed by atoms with Gasteiger partial charge in [-0.1, -0.05) is 0 Å². The van der Waals surface area contributed by atoms with Crippen molar-refractivity contribution in [3.8, 4) is 0 Å². The Balaban J connectivity index is 1.54. The zero-order chi connectivity index (χ0) is 15.5. The average Bonchev–Trinajstić information content (AvgIpc) is 2.97. The van der Waals surface area contributed by atoms with Gasteiger partial charge in [0.05, 0.1) is 11.9 Å². The van der Waals surface area contributed by atoms with E-state index in [1.54, 1.807) is 11.1 Å². The van der Waals surface area contributed by atoms with Crippen molar-refractivity contribution in [2.45, 2.75) is 26.3 Å². The van der Waals surface area contributed by atoms with Gasteiger partial charge in [-0.05, 0) is 31.4 Å². The highest BCUT2D eigenvalue weighted by atomic mass is 16.2. The van der Waals surface area contributed by atoms with E-state index in [1.807, 2.05) is 38.5 Å². The minimum absolute atomic E-state index is 0.0976. The fraction of sp³-hybridized carbons (Fsp3) is 0.438. The summed E-state index contributed by atoms with van der Waals surface area (Å²) in [5.74, 6) is 1.58. The quantitative estimate of drug-likeness (QED) is 0.946. The zero-order valence-electron chi connectivity index (χ0n) is 13.0. The summed E-state index contributed by atoms with van der Waals surface area (Å²) >= 11 is 0. The van der Waals surface area contributed by atoms with Crippen molar-refractivity contribution in [3.63, 3.8) is 0 Å². The Morgan fingerprint density at radius 2 is 2.32 bits per heavy atom. The van der Waals surface area contributed by atoms with Crippen LogP contribution in [0.4, 0.5) is 10.5 Å². The van der Waals surface area contributed by atoms with E-state index in [1.165, 1.54) is 0 Å². The second kappa shape index (κ2) is 6.17. The normalized spacial score (nSPS) is 16.9. The van der Waals surface area contributed by atoms with Gasteiger partial charge in [0.2, 0.25) is 0 Å². The van der Waals surface area contributed by atoms with E-state index in [0.717, 1.165) is 43.1 Å². The molecule has 0 radical (unpaired) electrons. The van der Waals surface area contributed by atoms with Gasteiger partial charge in [0.1, 0.15) is 5.82 Å². The van der Waals surface area contributed by atoms with Crippen LogP contribution in [-0.2, 0) is 13.0 Å². The van der Waals surface area contributed by atoms with E-state index in [9.17, 15) is 4.79 Å². The third kappa shape index (κ3) is 3.27. The van der Waals surface area contributed by atoms with Crippen LogP contribution in [0, 0.1) is 12.8 Å². The zero-order valence-corrected chi connectivity index (χ0v) is 13.0. The summed E-state index contributed by atoms with van der Waals surface area (Å²) in [6.45, 7) is 3.64. The smallest absolute Gasteiger partial charge is 0.321 e. The second-order valence-corrected chi connectivity index (χ2v) is 5.89. The van der Waals surface area contributed by atoms with Crippen LogP contribution in [0.1, 0.15) is 17.9 Å². The molecule has 0 saturated heterocycles. The van der Waals surface area contributed by atoms with Crippen LogP contribution in [0.5, 0.6) is 0 Å². The number of hydrogen-bond acceptors (Lipinski definition) is 3. The van der Waals surface area contributed by atoms with Crippen LogP contribution in [0.2, 0.25) is 0 Å². The number of nitrogens with zero attached hydrogens (tertiary/aromatic N) is 4. The lowest BCUT2D eigenvalue weighted by molar-refractivity contribution is 0.207. The Labute approximate surface area is 130 Å². The Hall–Kier alpha value is -2.37. The third-order valence-electron chi connectivity index (χ3n) is 4.09. The van der Waals surface area contributed by atoms with Gasteiger partial charge in [0, 0.05) is 44.6 Å². The molecule has 22 heavy (non-hydrogen) atoms. The number of nitrogens with one attached hydrogen (secondary N) is 1. The molecule has 0 aromatic carbocycles. The van der Waals surface area contributed by atoms with Crippen LogP contribution < -0.4 is 5.32 Å². The van der Waals surface area contributed by atoms with Crippen LogP contribution in [0.25, 0.3) is 0 Å². The molecule has 6 heteroatoms. The molecule has 2 amide bonds. The first kappa shape index (κ1) is 14.6. The molecular weight excluding hydrogens is 278 g/mol. The van der Waals surface area contributed by atoms with Crippen molar-refractivity contribution in [2.24, 2.45) is 5.92 Å². The van der Waals surface area contributed by atoms with Gasteiger partial charge >= 0.3 is 6.03 Å². The molecule has 116 valence electrons. The van der Waals surface area contributed by atoms with Gasteiger partial charge in [0.25, 0.3) is 0 Å². The van der Waals surface area contributed by atoms with E-state index in [4.69, 9.17) is 0 Å². The van der Waals surface area contributed by atoms with E-state index in [-0.39, 0.29) is 6.03 Å². The molecule has 3 heterocycles.